The fourth-order valence-electron chi connectivity index (χ4n) is 2.86. The molecule has 2 saturated heterocycles. The Morgan fingerprint density at radius 3 is 2.50 bits per heavy atom. The van der Waals surface area contributed by atoms with E-state index < -0.39 is 11.7 Å². The maximum atomic E-state index is 12.3. The van der Waals surface area contributed by atoms with E-state index in [1.54, 1.807) is 4.90 Å². The summed E-state index contributed by atoms with van der Waals surface area (Å²) in [6.45, 7) is 9.77. The first-order valence-corrected chi connectivity index (χ1v) is 6.97. The molecule has 2 aliphatic rings. The molecule has 0 unspecified atom stereocenters. The van der Waals surface area contributed by atoms with Gasteiger partial charge in [0, 0.05) is 19.4 Å². The standard InChI is InChI=1S/C14H23NO5/c1-8-6-15(13(17)20-14(3,4)5)11-10(19-9(2)16)7-18-12(8)11/h8,10-12H,6-7H2,1-5H3/t8-,10-,11+,12+/m0/s1. The van der Waals surface area contributed by atoms with Crippen molar-refractivity contribution in [3.8, 4) is 0 Å². The molecule has 2 aliphatic heterocycles. The second kappa shape index (κ2) is 5.24. The fraction of sp³-hybridized carbons (Fsp3) is 0.857. The van der Waals surface area contributed by atoms with Crippen LogP contribution in [0.1, 0.15) is 34.6 Å². The Morgan fingerprint density at radius 2 is 1.95 bits per heavy atom. The summed E-state index contributed by atoms with van der Waals surface area (Å²) in [6.07, 6.45) is -0.874. The smallest absolute Gasteiger partial charge is 0.410 e. The molecule has 2 heterocycles. The zero-order chi connectivity index (χ0) is 15.1. The van der Waals surface area contributed by atoms with E-state index in [1.165, 1.54) is 6.92 Å². The number of carbonyl (C=O) groups is 2. The molecular weight excluding hydrogens is 262 g/mol. The molecule has 114 valence electrons. The van der Waals surface area contributed by atoms with Crippen molar-refractivity contribution in [1.82, 2.24) is 4.90 Å². The van der Waals surface area contributed by atoms with E-state index in [0.717, 1.165) is 0 Å². The number of amides is 1. The zero-order valence-electron chi connectivity index (χ0n) is 12.7. The zero-order valence-corrected chi connectivity index (χ0v) is 12.7. The van der Waals surface area contributed by atoms with Gasteiger partial charge < -0.3 is 14.2 Å². The number of carbonyl (C=O) groups excluding carboxylic acids is 2. The van der Waals surface area contributed by atoms with Crippen LogP contribution in [0.5, 0.6) is 0 Å². The van der Waals surface area contributed by atoms with E-state index in [9.17, 15) is 9.59 Å². The molecule has 0 radical (unpaired) electrons. The molecule has 0 aromatic rings. The maximum absolute atomic E-state index is 12.3. The second-order valence-electron chi connectivity index (χ2n) is 6.55. The van der Waals surface area contributed by atoms with Gasteiger partial charge in [0.2, 0.25) is 0 Å². The summed E-state index contributed by atoms with van der Waals surface area (Å²) in [7, 11) is 0. The lowest BCUT2D eigenvalue weighted by molar-refractivity contribution is -0.148. The minimum absolute atomic E-state index is 0.0909. The third kappa shape index (κ3) is 3.06. The first kappa shape index (κ1) is 15.1. The van der Waals surface area contributed by atoms with Crippen LogP contribution in [-0.2, 0) is 19.0 Å². The predicted molar refractivity (Wildman–Crippen MR) is 71.2 cm³/mol. The largest absolute Gasteiger partial charge is 0.458 e. The molecule has 2 fully saturated rings. The summed E-state index contributed by atoms with van der Waals surface area (Å²) in [5.74, 6) is -0.156. The van der Waals surface area contributed by atoms with Crippen molar-refractivity contribution in [3.05, 3.63) is 0 Å². The van der Waals surface area contributed by atoms with E-state index in [0.29, 0.717) is 13.2 Å². The van der Waals surface area contributed by atoms with Crippen LogP contribution in [0.4, 0.5) is 4.79 Å². The van der Waals surface area contributed by atoms with E-state index in [2.05, 4.69) is 0 Å². The Bertz CT molecular complexity index is 403. The van der Waals surface area contributed by atoms with Gasteiger partial charge in [-0.2, -0.15) is 0 Å². The topological polar surface area (TPSA) is 65.1 Å². The van der Waals surface area contributed by atoms with Gasteiger partial charge in [-0.1, -0.05) is 6.92 Å². The van der Waals surface area contributed by atoms with Gasteiger partial charge in [0.1, 0.15) is 17.7 Å². The van der Waals surface area contributed by atoms with Crippen LogP contribution in [0.3, 0.4) is 0 Å². The first-order valence-electron chi connectivity index (χ1n) is 6.97. The second-order valence-corrected chi connectivity index (χ2v) is 6.55. The van der Waals surface area contributed by atoms with Crippen LogP contribution in [0.25, 0.3) is 0 Å². The first-order chi connectivity index (χ1) is 9.19. The Morgan fingerprint density at radius 1 is 1.30 bits per heavy atom. The van der Waals surface area contributed by atoms with Gasteiger partial charge in [0.25, 0.3) is 0 Å². The van der Waals surface area contributed by atoms with Crippen molar-refractivity contribution in [2.24, 2.45) is 5.92 Å². The van der Waals surface area contributed by atoms with Crippen LogP contribution in [0, 0.1) is 5.92 Å². The Balaban J connectivity index is 2.12. The van der Waals surface area contributed by atoms with Crippen molar-refractivity contribution in [1.29, 1.82) is 0 Å². The number of hydrogen-bond acceptors (Lipinski definition) is 5. The fourth-order valence-corrected chi connectivity index (χ4v) is 2.86. The summed E-state index contributed by atoms with van der Waals surface area (Å²) in [6, 6.07) is -0.247. The summed E-state index contributed by atoms with van der Waals surface area (Å²) in [4.78, 5) is 25.1. The third-order valence-corrected chi connectivity index (χ3v) is 3.52. The molecule has 0 aliphatic carbocycles. The average Bonchev–Trinajstić information content (AvgIpc) is 2.79. The number of nitrogens with zero attached hydrogens (tertiary/aromatic N) is 1. The average molecular weight is 285 g/mol. The van der Waals surface area contributed by atoms with Gasteiger partial charge in [-0.05, 0) is 20.8 Å². The number of likely N-dealkylation sites (tertiary alicyclic amines) is 1. The van der Waals surface area contributed by atoms with Gasteiger partial charge in [-0.25, -0.2) is 4.79 Å². The summed E-state index contributed by atoms with van der Waals surface area (Å²) in [5, 5.41) is 0. The molecule has 2 rings (SSSR count). The number of hydrogen-bond donors (Lipinski definition) is 0. The summed E-state index contributed by atoms with van der Waals surface area (Å²) < 4.78 is 16.4. The van der Waals surface area contributed by atoms with E-state index >= 15 is 0 Å². The molecule has 1 amide bonds. The lowest BCUT2D eigenvalue weighted by atomic mass is 10.0. The van der Waals surface area contributed by atoms with Crippen molar-refractivity contribution in [2.45, 2.75) is 58.5 Å². The van der Waals surface area contributed by atoms with Crippen molar-refractivity contribution >= 4 is 12.1 Å². The summed E-state index contributed by atoms with van der Waals surface area (Å²) in [5.41, 5.74) is -0.547. The Kier molecular flexibility index (Phi) is 3.95. The highest BCUT2D eigenvalue weighted by molar-refractivity contribution is 5.70. The predicted octanol–water partition coefficient (Wildman–Crippen LogP) is 1.57. The van der Waals surface area contributed by atoms with Crippen LogP contribution < -0.4 is 0 Å². The number of ether oxygens (including phenoxy) is 3. The Labute approximate surface area is 119 Å². The highest BCUT2D eigenvalue weighted by Crippen LogP contribution is 2.35. The third-order valence-electron chi connectivity index (χ3n) is 3.52. The molecule has 0 bridgehead atoms. The van der Waals surface area contributed by atoms with Crippen LogP contribution in [0.2, 0.25) is 0 Å². The van der Waals surface area contributed by atoms with Crippen molar-refractivity contribution < 1.29 is 23.8 Å². The number of rotatable bonds is 1. The lowest BCUT2D eigenvalue weighted by Gasteiger charge is -2.30. The molecule has 20 heavy (non-hydrogen) atoms. The number of fused-ring (bicyclic) bond motifs is 1. The minimum Gasteiger partial charge on any atom is -0.458 e. The monoisotopic (exact) mass is 285 g/mol. The maximum Gasteiger partial charge on any atom is 0.410 e. The molecule has 4 atom stereocenters. The SMILES string of the molecule is CC(=O)O[C@H]1CO[C@H]2[C@@H]1N(C(=O)OC(C)(C)C)C[C@@H]2C. The van der Waals surface area contributed by atoms with Crippen LogP contribution >= 0.6 is 0 Å². The lowest BCUT2D eigenvalue weighted by Crippen LogP contribution is -2.47. The van der Waals surface area contributed by atoms with Gasteiger partial charge in [0.05, 0.1) is 12.7 Å². The van der Waals surface area contributed by atoms with E-state index in [4.69, 9.17) is 14.2 Å². The van der Waals surface area contributed by atoms with Gasteiger partial charge in [-0.3, -0.25) is 9.69 Å². The Hall–Kier alpha value is -1.30. The van der Waals surface area contributed by atoms with Gasteiger partial charge >= 0.3 is 12.1 Å². The molecule has 0 spiro atoms. The molecule has 6 heteroatoms. The van der Waals surface area contributed by atoms with E-state index in [-0.39, 0.29) is 30.1 Å². The van der Waals surface area contributed by atoms with E-state index in [1.807, 2.05) is 27.7 Å². The number of esters is 1. The van der Waals surface area contributed by atoms with Crippen LogP contribution in [0.15, 0.2) is 0 Å². The minimum atomic E-state index is -0.547. The molecule has 0 saturated carbocycles. The molecule has 0 aromatic carbocycles. The van der Waals surface area contributed by atoms with Crippen molar-refractivity contribution in [2.75, 3.05) is 13.2 Å². The highest BCUT2D eigenvalue weighted by Gasteiger charge is 2.53. The molecule has 0 N–H and O–H groups in total. The molecule has 6 nitrogen and oxygen atoms in total. The highest BCUT2D eigenvalue weighted by atomic mass is 16.6. The normalized spacial score (nSPS) is 33.0. The molecule has 0 aromatic heterocycles. The molecular formula is C14H23NO5. The van der Waals surface area contributed by atoms with Crippen LogP contribution in [-0.4, -0.2) is 54.0 Å². The van der Waals surface area contributed by atoms with Gasteiger partial charge in [-0.15, -0.1) is 0 Å². The quantitative estimate of drug-likeness (QED) is 0.684. The van der Waals surface area contributed by atoms with Crippen molar-refractivity contribution in [3.63, 3.8) is 0 Å². The van der Waals surface area contributed by atoms with Gasteiger partial charge in [0.15, 0.2) is 0 Å². The summed E-state index contributed by atoms with van der Waals surface area (Å²) >= 11 is 0.